The summed E-state index contributed by atoms with van der Waals surface area (Å²) >= 11 is 0. The molecule has 6 rings (SSSR count). The Labute approximate surface area is 293 Å². The predicted molar refractivity (Wildman–Crippen MR) is 188 cm³/mol. The maximum Gasteiger partial charge on any atom is 0.419 e. The fraction of sp³-hybridized carbons (Fsp3) is 0.425. The number of carbonyl (C=O) groups is 3. The van der Waals surface area contributed by atoms with Gasteiger partial charge in [-0.05, 0) is 80.8 Å². The first-order chi connectivity index (χ1) is 24.1. The number of aromatic nitrogens is 1. The molecule has 2 aliphatic rings. The Morgan fingerprint density at radius 2 is 1.60 bits per heavy atom. The molecule has 10 heteroatoms. The molecule has 4 atom stereocenters. The van der Waals surface area contributed by atoms with Gasteiger partial charge in [0, 0.05) is 24.3 Å². The van der Waals surface area contributed by atoms with E-state index in [0.29, 0.717) is 37.0 Å². The second-order valence-corrected chi connectivity index (χ2v) is 14.0. The third-order valence-electron chi connectivity index (χ3n) is 9.53. The van der Waals surface area contributed by atoms with E-state index in [1.165, 1.54) is 0 Å². The molecule has 3 heterocycles. The van der Waals surface area contributed by atoms with Crippen LogP contribution in [0.3, 0.4) is 0 Å². The number of benzene rings is 3. The van der Waals surface area contributed by atoms with E-state index < -0.39 is 30.1 Å². The van der Waals surface area contributed by atoms with E-state index >= 15 is 0 Å². The molecule has 264 valence electrons. The van der Waals surface area contributed by atoms with E-state index in [4.69, 9.17) is 23.7 Å². The quantitative estimate of drug-likeness (QED) is 0.129. The van der Waals surface area contributed by atoms with Crippen LogP contribution in [0.25, 0.3) is 10.9 Å². The lowest BCUT2D eigenvalue weighted by Crippen LogP contribution is -2.46. The highest BCUT2D eigenvalue weighted by molar-refractivity contribution is 5.94. The minimum atomic E-state index is -0.772. The molecule has 0 N–H and O–H groups in total. The molecule has 2 unspecified atom stereocenters. The number of hydrogen-bond donors (Lipinski definition) is 0. The molecule has 1 saturated heterocycles. The van der Waals surface area contributed by atoms with Crippen LogP contribution < -0.4 is 4.74 Å². The molecule has 1 fully saturated rings. The number of methoxy groups -OCH3 is 1. The third-order valence-corrected chi connectivity index (χ3v) is 9.53. The fourth-order valence-electron chi connectivity index (χ4n) is 7.22. The van der Waals surface area contributed by atoms with E-state index in [1.807, 2.05) is 99.6 Å². The predicted octanol–water partition coefficient (Wildman–Crippen LogP) is 8.19. The number of ether oxygens (including phenoxy) is 5. The first-order valence-corrected chi connectivity index (χ1v) is 17.3. The van der Waals surface area contributed by atoms with Crippen LogP contribution in [-0.4, -0.2) is 53.2 Å². The van der Waals surface area contributed by atoms with Crippen molar-refractivity contribution in [2.45, 2.75) is 84.5 Å². The molecule has 3 aromatic carbocycles. The Bertz CT molecular complexity index is 1810. The topological polar surface area (TPSA) is 106 Å². The van der Waals surface area contributed by atoms with Crippen LogP contribution in [0.1, 0.15) is 75.4 Å². The van der Waals surface area contributed by atoms with Crippen LogP contribution in [0.15, 0.2) is 78.9 Å². The Morgan fingerprint density at radius 1 is 0.900 bits per heavy atom. The summed E-state index contributed by atoms with van der Waals surface area (Å²) in [5.41, 5.74) is 3.44. The molecule has 2 aliphatic heterocycles. The van der Waals surface area contributed by atoms with Gasteiger partial charge in [-0.1, -0.05) is 67.6 Å². The van der Waals surface area contributed by atoms with Gasteiger partial charge in [-0.15, -0.1) is 0 Å². The zero-order valence-electron chi connectivity index (χ0n) is 29.4. The number of nitrogens with zero attached hydrogens (tertiary/aromatic N) is 2. The second-order valence-electron chi connectivity index (χ2n) is 14.0. The van der Waals surface area contributed by atoms with Gasteiger partial charge in [0.05, 0.1) is 31.0 Å². The fourth-order valence-corrected chi connectivity index (χ4v) is 7.22. The number of esters is 1. The van der Waals surface area contributed by atoms with Gasteiger partial charge < -0.3 is 23.7 Å². The minimum absolute atomic E-state index is 0.111. The smallest absolute Gasteiger partial charge is 0.419 e. The second kappa shape index (κ2) is 15.0. The molecule has 0 saturated carbocycles. The van der Waals surface area contributed by atoms with Gasteiger partial charge in [0.2, 0.25) is 6.29 Å². The lowest BCUT2D eigenvalue weighted by atomic mass is 9.78. The number of rotatable bonds is 9. The Hall–Kier alpha value is -4.83. The van der Waals surface area contributed by atoms with Crippen LogP contribution in [0.4, 0.5) is 9.59 Å². The Morgan fingerprint density at radius 3 is 2.30 bits per heavy atom. The van der Waals surface area contributed by atoms with Gasteiger partial charge in [-0.2, -0.15) is 0 Å². The number of fused-ring (bicyclic) bond motifs is 3. The maximum atomic E-state index is 14.0. The SMILES string of the molecule is CCC1C(OCc2ccc(OC)cc2)OC(=O)C[C@H]1C[C@H]1c2c(c3ccccc3n2C(=O)OC(C)(C)C)CCN1C(=O)OCc1ccccc1. The van der Waals surface area contributed by atoms with E-state index in [0.717, 1.165) is 27.8 Å². The number of amides is 1. The van der Waals surface area contributed by atoms with Crippen molar-refractivity contribution in [3.63, 3.8) is 0 Å². The molecule has 50 heavy (non-hydrogen) atoms. The van der Waals surface area contributed by atoms with E-state index in [9.17, 15) is 14.4 Å². The lowest BCUT2D eigenvalue weighted by molar-refractivity contribution is -0.217. The van der Waals surface area contributed by atoms with Gasteiger partial charge in [0.1, 0.15) is 18.0 Å². The molecule has 0 bridgehead atoms. The van der Waals surface area contributed by atoms with Crippen LogP contribution in [0, 0.1) is 11.8 Å². The maximum absolute atomic E-state index is 14.0. The molecule has 0 radical (unpaired) electrons. The summed E-state index contributed by atoms with van der Waals surface area (Å²) in [6.45, 7) is 8.30. The van der Waals surface area contributed by atoms with E-state index in [1.54, 1.807) is 16.6 Å². The molecule has 1 aromatic heterocycles. The summed E-state index contributed by atoms with van der Waals surface area (Å²) in [5.74, 6) is 0.0126. The van der Waals surface area contributed by atoms with Crippen LogP contribution >= 0.6 is 0 Å². The zero-order valence-corrected chi connectivity index (χ0v) is 29.4. The van der Waals surface area contributed by atoms with E-state index in [-0.39, 0.29) is 37.4 Å². The summed E-state index contributed by atoms with van der Waals surface area (Å²) in [6, 6.07) is 24.3. The average Bonchev–Trinajstić information content (AvgIpc) is 3.45. The van der Waals surface area contributed by atoms with Crippen molar-refractivity contribution in [1.29, 1.82) is 0 Å². The standard InChI is InChI=1S/C40H46N2O8/c1-6-30-28(23-35(43)49-37(30)47-24-27-16-18-29(46-5)19-17-27)22-34-36-32(20-21-41(34)38(44)48-25-26-12-8-7-9-13-26)31-14-10-11-15-33(31)42(36)39(45)50-40(2,3)4/h7-19,28,30,34,37H,6,20-25H2,1-5H3/t28-,30?,34+,37?/m1/s1. The van der Waals surface area contributed by atoms with Gasteiger partial charge in [0.25, 0.3) is 0 Å². The van der Waals surface area contributed by atoms with Crippen molar-refractivity contribution in [2.75, 3.05) is 13.7 Å². The first-order valence-electron chi connectivity index (χ1n) is 17.3. The van der Waals surface area contributed by atoms with Crippen molar-refractivity contribution in [3.05, 3.63) is 101 Å². The summed E-state index contributed by atoms with van der Waals surface area (Å²) in [6.07, 6.45) is -0.0149. The zero-order chi connectivity index (χ0) is 35.4. The number of carbonyl (C=O) groups excluding carboxylic acids is 3. The van der Waals surface area contributed by atoms with Gasteiger partial charge in [-0.3, -0.25) is 9.69 Å². The number of hydrogen-bond acceptors (Lipinski definition) is 8. The molecule has 0 aliphatic carbocycles. The van der Waals surface area contributed by atoms with Gasteiger partial charge in [0.15, 0.2) is 0 Å². The average molecular weight is 683 g/mol. The van der Waals surface area contributed by atoms with Gasteiger partial charge >= 0.3 is 18.2 Å². The van der Waals surface area contributed by atoms with Gasteiger partial charge in [-0.25, -0.2) is 14.2 Å². The van der Waals surface area contributed by atoms with Crippen molar-refractivity contribution >= 4 is 29.1 Å². The third kappa shape index (κ3) is 7.65. The summed E-state index contributed by atoms with van der Waals surface area (Å²) in [4.78, 5) is 42.9. The van der Waals surface area contributed by atoms with Crippen molar-refractivity contribution in [1.82, 2.24) is 9.47 Å². The molecule has 1 amide bonds. The highest BCUT2D eigenvalue weighted by Gasteiger charge is 2.45. The van der Waals surface area contributed by atoms with Crippen LogP contribution in [-0.2, 0) is 43.4 Å². The highest BCUT2D eigenvalue weighted by atomic mass is 16.7. The summed E-state index contributed by atoms with van der Waals surface area (Å²) in [5, 5.41) is 0.937. The molecule has 0 spiro atoms. The highest BCUT2D eigenvalue weighted by Crippen LogP contribution is 2.45. The summed E-state index contributed by atoms with van der Waals surface area (Å²) in [7, 11) is 1.62. The summed E-state index contributed by atoms with van der Waals surface area (Å²) < 4.78 is 30.8. The molecular formula is C40H46N2O8. The van der Waals surface area contributed by atoms with Crippen molar-refractivity contribution < 1.29 is 38.1 Å². The molecule has 10 nitrogen and oxygen atoms in total. The largest absolute Gasteiger partial charge is 0.497 e. The van der Waals surface area contributed by atoms with E-state index in [2.05, 4.69) is 6.92 Å². The molecular weight excluding hydrogens is 636 g/mol. The molecule has 4 aromatic rings. The minimum Gasteiger partial charge on any atom is -0.497 e. The lowest BCUT2D eigenvalue weighted by Gasteiger charge is -2.42. The van der Waals surface area contributed by atoms with Crippen LogP contribution in [0.5, 0.6) is 5.75 Å². The number of para-hydroxylation sites is 1. The Kier molecular flexibility index (Phi) is 10.5. The Balaban J connectivity index is 1.36. The normalized spacial score (nSPS) is 20.6. The monoisotopic (exact) mass is 682 g/mol. The van der Waals surface area contributed by atoms with Crippen molar-refractivity contribution in [2.24, 2.45) is 11.8 Å². The van der Waals surface area contributed by atoms with Crippen molar-refractivity contribution in [3.8, 4) is 5.75 Å². The number of cyclic esters (lactones) is 1. The van der Waals surface area contributed by atoms with Crippen LogP contribution in [0.2, 0.25) is 0 Å². The first kappa shape index (κ1) is 35.0.